The molecule has 1 aromatic carbocycles. The van der Waals surface area contributed by atoms with E-state index in [1.54, 1.807) is 30.6 Å². The van der Waals surface area contributed by atoms with Crippen molar-refractivity contribution < 1.29 is 4.39 Å². The lowest BCUT2D eigenvalue weighted by Gasteiger charge is -2.18. The summed E-state index contributed by atoms with van der Waals surface area (Å²) in [5.74, 6) is -0.303. The molecular weight excluding hydrogens is 355 g/mol. The molecule has 3 N–H and O–H groups in total. The van der Waals surface area contributed by atoms with E-state index < -0.39 is 0 Å². The van der Waals surface area contributed by atoms with Crippen LogP contribution in [0.1, 0.15) is 6.42 Å². The lowest BCUT2D eigenvalue weighted by molar-refractivity contribution is 0.631. The number of aromatic amines is 1. The molecule has 1 saturated heterocycles. The summed E-state index contributed by atoms with van der Waals surface area (Å²) in [5.41, 5.74) is 10.5. The second kappa shape index (κ2) is 6.69. The first kappa shape index (κ1) is 16.8. The van der Waals surface area contributed by atoms with Crippen molar-refractivity contribution in [2.24, 2.45) is 5.73 Å². The minimum atomic E-state index is -0.303. The molecule has 0 radical (unpaired) electrons. The molecule has 28 heavy (non-hydrogen) atoms. The van der Waals surface area contributed by atoms with Gasteiger partial charge in [-0.25, -0.2) is 4.39 Å². The molecule has 1 aliphatic rings. The molecule has 0 saturated carbocycles. The highest BCUT2D eigenvalue weighted by Gasteiger charge is 2.20. The third-order valence-electron chi connectivity index (χ3n) is 5.19. The van der Waals surface area contributed by atoms with Gasteiger partial charge >= 0.3 is 0 Å². The van der Waals surface area contributed by atoms with Gasteiger partial charge in [-0.1, -0.05) is 12.1 Å². The van der Waals surface area contributed by atoms with Gasteiger partial charge in [-0.05, 0) is 30.7 Å². The van der Waals surface area contributed by atoms with E-state index in [1.165, 1.54) is 6.07 Å². The number of hydrogen-bond acceptors (Lipinski definition) is 5. The number of nitrogens with zero attached hydrogens (tertiary/aromatic N) is 4. The second-order valence-corrected chi connectivity index (χ2v) is 7.09. The van der Waals surface area contributed by atoms with Crippen molar-refractivity contribution >= 4 is 16.6 Å². The third-order valence-corrected chi connectivity index (χ3v) is 5.19. The van der Waals surface area contributed by atoms with E-state index in [0.717, 1.165) is 47.4 Å². The highest BCUT2D eigenvalue weighted by atomic mass is 19.1. The van der Waals surface area contributed by atoms with Crippen LogP contribution in [0.2, 0.25) is 0 Å². The summed E-state index contributed by atoms with van der Waals surface area (Å²) in [4.78, 5) is 11.2. The van der Waals surface area contributed by atoms with Crippen molar-refractivity contribution in [2.45, 2.75) is 12.5 Å². The Labute approximate surface area is 161 Å². The molecule has 1 unspecified atom stereocenters. The Balaban J connectivity index is 1.57. The monoisotopic (exact) mass is 374 g/mol. The predicted octanol–water partition coefficient (Wildman–Crippen LogP) is 3.36. The molecule has 4 aromatic rings. The number of halogens is 1. The minimum Gasteiger partial charge on any atom is -0.369 e. The van der Waals surface area contributed by atoms with E-state index in [9.17, 15) is 4.39 Å². The molecule has 1 aliphatic heterocycles. The highest BCUT2D eigenvalue weighted by molar-refractivity contribution is 5.94. The number of rotatable bonds is 3. The largest absolute Gasteiger partial charge is 0.369 e. The maximum absolute atomic E-state index is 14.3. The van der Waals surface area contributed by atoms with E-state index in [0.29, 0.717) is 11.3 Å². The summed E-state index contributed by atoms with van der Waals surface area (Å²) < 4.78 is 14.3. The Morgan fingerprint density at radius 3 is 2.86 bits per heavy atom. The number of anilines is 1. The van der Waals surface area contributed by atoms with Crippen LogP contribution in [0.3, 0.4) is 0 Å². The Morgan fingerprint density at radius 1 is 1.14 bits per heavy atom. The Bertz CT molecular complexity index is 1150. The topological polar surface area (TPSA) is 83.7 Å². The minimum absolute atomic E-state index is 0.201. The molecule has 4 heterocycles. The van der Waals surface area contributed by atoms with Gasteiger partial charge < -0.3 is 10.6 Å². The summed E-state index contributed by atoms with van der Waals surface area (Å²) >= 11 is 0. The summed E-state index contributed by atoms with van der Waals surface area (Å²) in [6.07, 6.45) is 6.34. The van der Waals surface area contributed by atoms with Gasteiger partial charge in [-0.3, -0.25) is 15.1 Å². The SMILES string of the molecule is NC1CCN(c2cncc(-c3cc4c(-c5ccccc5F)n[nH]c4cn3)c2)C1. The van der Waals surface area contributed by atoms with Crippen LogP contribution in [0.5, 0.6) is 0 Å². The maximum Gasteiger partial charge on any atom is 0.132 e. The maximum atomic E-state index is 14.3. The molecule has 0 aliphatic carbocycles. The molecule has 1 atom stereocenters. The standard InChI is InChI=1S/C21H19FN6/c22-18-4-2-1-3-16(18)21-17-8-19(25-11-20(17)26-27-21)13-7-15(10-24-9-13)28-6-5-14(23)12-28/h1-4,7-11,14H,5-6,12,23H2,(H,26,27). The summed E-state index contributed by atoms with van der Waals surface area (Å²) in [5, 5.41) is 8.07. The van der Waals surface area contributed by atoms with Crippen molar-refractivity contribution in [1.29, 1.82) is 0 Å². The molecule has 0 amide bonds. The van der Waals surface area contributed by atoms with Crippen LogP contribution < -0.4 is 10.6 Å². The Kier molecular flexibility index (Phi) is 4.02. The fraction of sp³-hybridized carbons (Fsp3) is 0.190. The van der Waals surface area contributed by atoms with Crippen LogP contribution in [-0.2, 0) is 0 Å². The molecule has 3 aromatic heterocycles. The van der Waals surface area contributed by atoms with E-state index in [4.69, 9.17) is 5.73 Å². The number of nitrogens with one attached hydrogen (secondary N) is 1. The Morgan fingerprint density at radius 2 is 2.04 bits per heavy atom. The lowest BCUT2D eigenvalue weighted by Crippen LogP contribution is -2.26. The first-order chi connectivity index (χ1) is 13.7. The molecule has 0 spiro atoms. The molecule has 6 nitrogen and oxygen atoms in total. The number of aromatic nitrogens is 4. The summed E-state index contributed by atoms with van der Waals surface area (Å²) in [6, 6.07) is 10.8. The van der Waals surface area contributed by atoms with Gasteiger partial charge in [0.1, 0.15) is 11.5 Å². The first-order valence-electron chi connectivity index (χ1n) is 9.24. The highest BCUT2D eigenvalue weighted by Crippen LogP contribution is 2.31. The van der Waals surface area contributed by atoms with Gasteiger partial charge in [0.25, 0.3) is 0 Å². The molecule has 1 fully saturated rings. The first-order valence-corrected chi connectivity index (χ1v) is 9.24. The van der Waals surface area contributed by atoms with Crippen LogP contribution in [0, 0.1) is 5.82 Å². The van der Waals surface area contributed by atoms with Crippen LogP contribution in [0.25, 0.3) is 33.4 Å². The Hall–Kier alpha value is -3.32. The second-order valence-electron chi connectivity index (χ2n) is 7.09. The summed E-state index contributed by atoms with van der Waals surface area (Å²) in [6.45, 7) is 1.76. The van der Waals surface area contributed by atoms with Gasteiger partial charge in [0.15, 0.2) is 0 Å². The number of nitrogens with two attached hydrogens (primary N) is 1. The van der Waals surface area contributed by atoms with Crippen LogP contribution >= 0.6 is 0 Å². The van der Waals surface area contributed by atoms with Crippen molar-refractivity contribution in [3.63, 3.8) is 0 Å². The number of H-pyrrole nitrogens is 1. The number of benzene rings is 1. The molecule has 0 bridgehead atoms. The van der Waals surface area contributed by atoms with E-state index in [1.807, 2.05) is 12.3 Å². The third kappa shape index (κ3) is 2.90. The predicted molar refractivity (Wildman–Crippen MR) is 107 cm³/mol. The van der Waals surface area contributed by atoms with Crippen molar-refractivity contribution in [3.05, 3.63) is 60.8 Å². The fourth-order valence-electron chi connectivity index (χ4n) is 3.70. The lowest BCUT2D eigenvalue weighted by atomic mass is 10.1. The zero-order chi connectivity index (χ0) is 19.1. The quantitative estimate of drug-likeness (QED) is 0.574. The van der Waals surface area contributed by atoms with Crippen molar-refractivity contribution in [1.82, 2.24) is 20.2 Å². The molecule has 5 rings (SSSR count). The van der Waals surface area contributed by atoms with Gasteiger partial charge in [-0.2, -0.15) is 5.10 Å². The fourth-order valence-corrected chi connectivity index (χ4v) is 3.70. The van der Waals surface area contributed by atoms with Gasteiger partial charge in [0, 0.05) is 41.8 Å². The van der Waals surface area contributed by atoms with E-state index >= 15 is 0 Å². The molecule has 7 heteroatoms. The van der Waals surface area contributed by atoms with Crippen molar-refractivity contribution in [2.75, 3.05) is 18.0 Å². The average molecular weight is 374 g/mol. The zero-order valence-electron chi connectivity index (χ0n) is 15.1. The van der Waals surface area contributed by atoms with Crippen LogP contribution in [-0.4, -0.2) is 39.3 Å². The number of pyridine rings is 2. The van der Waals surface area contributed by atoms with Crippen LogP contribution in [0.4, 0.5) is 10.1 Å². The normalized spacial score (nSPS) is 16.8. The number of hydrogen-bond donors (Lipinski definition) is 2. The zero-order valence-corrected chi connectivity index (χ0v) is 15.1. The average Bonchev–Trinajstić information content (AvgIpc) is 3.34. The molecular formula is C21H19FN6. The van der Waals surface area contributed by atoms with Gasteiger partial charge in [0.05, 0.1) is 29.3 Å². The van der Waals surface area contributed by atoms with E-state index in [-0.39, 0.29) is 11.9 Å². The van der Waals surface area contributed by atoms with Crippen molar-refractivity contribution in [3.8, 4) is 22.5 Å². The number of fused-ring (bicyclic) bond motifs is 1. The summed E-state index contributed by atoms with van der Waals surface area (Å²) in [7, 11) is 0. The molecule has 140 valence electrons. The van der Waals surface area contributed by atoms with E-state index in [2.05, 4.69) is 31.1 Å². The van der Waals surface area contributed by atoms with Gasteiger partial charge in [0.2, 0.25) is 0 Å². The van der Waals surface area contributed by atoms with Gasteiger partial charge in [-0.15, -0.1) is 0 Å². The smallest absolute Gasteiger partial charge is 0.132 e. The van der Waals surface area contributed by atoms with Crippen LogP contribution in [0.15, 0.2) is 55.0 Å².